The summed E-state index contributed by atoms with van der Waals surface area (Å²) < 4.78 is 10.8. The van der Waals surface area contributed by atoms with Gasteiger partial charge in [0.2, 0.25) is 5.91 Å². The van der Waals surface area contributed by atoms with Gasteiger partial charge in [-0.2, -0.15) is 0 Å². The van der Waals surface area contributed by atoms with E-state index in [-0.39, 0.29) is 11.8 Å². The Labute approximate surface area is 174 Å². The first-order valence-electron chi connectivity index (χ1n) is 9.41. The van der Waals surface area contributed by atoms with Gasteiger partial charge in [-0.3, -0.25) is 9.59 Å². The molecule has 0 saturated carbocycles. The van der Waals surface area contributed by atoms with Gasteiger partial charge in [-0.1, -0.05) is 23.7 Å². The summed E-state index contributed by atoms with van der Waals surface area (Å²) in [7, 11) is 1.50. The zero-order chi connectivity index (χ0) is 20.8. The molecule has 154 valence electrons. The van der Waals surface area contributed by atoms with Gasteiger partial charge in [0.25, 0.3) is 5.91 Å². The van der Waals surface area contributed by atoms with Gasteiger partial charge in [0.15, 0.2) is 11.5 Å². The molecular formula is C21H24ClN3O4. The van der Waals surface area contributed by atoms with E-state index >= 15 is 0 Å². The van der Waals surface area contributed by atoms with Crippen molar-refractivity contribution in [2.24, 2.45) is 0 Å². The molecule has 0 aromatic heterocycles. The fourth-order valence-corrected chi connectivity index (χ4v) is 3.37. The van der Waals surface area contributed by atoms with Gasteiger partial charge in [0, 0.05) is 30.9 Å². The van der Waals surface area contributed by atoms with Crippen molar-refractivity contribution in [1.82, 2.24) is 10.6 Å². The summed E-state index contributed by atoms with van der Waals surface area (Å²) in [6.45, 7) is 4.44. The van der Waals surface area contributed by atoms with Crippen LogP contribution >= 0.6 is 11.6 Å². The maximum absolute atomic E-state index is 12.5. The first-order chi connectivity index (χ1) is 14.0. The lowest BCUT2D eigenvalue weighted by Gasteiger charge is -2.28. The van der Waals surface area contributed by atoms with Crippen LogP contribution in [0.15, 0.2) is 36.4 Å². The SMILES string of the molecule is CCOc1c(Cl)cc(C(=O)NCc2ccc(N3CCNC(=O)C3)cc2)cc1OC. The Morgan fingerprint density at radius 3 is 2.69 bits per heavy atom. The number of nitrogens with one attached hydrogen (secondary N) is 2. The zero-order valence-corrected chi connectivity index (χ0v) is 17.2. The number of piperazine rings is 1. The third-order valence-corrected chi connectivity index (χ3v) is 4.85. The first-order valence-corrected chi connectivity index (χ1v) is 9.78. The highest BCUT2D eigenvalue weighted by Gasteiger charge is 2.17. The average molecular weight is 418 g/mol. The molecule has 0 bridgehead atoms. The van der Waals surface area contributed by atoms with Gasteiger partial charge in [-0.15, -0.1) is 0 Å². The Balaban J connectivity index is 1.63. The van der Waals surface area contributed by atoms with Crippen molar-refractivity contribution in [3.63, 3.8) is 0 Å². The van der Waals surface area contributed by atoms with Crippen LogP contribution < -0.4 is 25.0 Å². The highest BCUT2D eigenvalue weighted by molar-refractivity contribution is 6.32. The summed E-state index contributed by atoms with van der Waals surface area (Å²) in [5, 5.41) is 6.01. The molecule has 0 unspecified atom stereocenters. The molecule has 1 fully saturated rings. The molecule has 1 aliphatic heterocycles. The molecule has 2 aromatic rings. The van der Waals surface area contributed by atoms with Crippen molar-refractivity contribution in [3.8, 4) is 11.5 Å². The first kappa shape index (κ1) is 20.8. The van der Waals surface area contributed by atoms with E-state index in [2.05, 4.69) is 10.6 Å². The van der Waals surface area contributed by atoms with Crippen molar-refractivity contribution in [2.75, 3.05) is 38.3 Å². The predicted molar refractivity (Wildman–Crippen MR) is 112 cm³/mol. The third kappa shape index (κ3) is 5.12. The molecule has 2 amide bonds. The van der Waals surface area contributed by atoms with Crippen molar-refractivity contribution in [1.29, 1.82) is 0 Å². The van der Waals surface area contributed by atoms with Crippen LogP contribution in [-0.4, -0.2) is 45.2 Å². The Hall–Kier alpha value is -2.93. The van der Waals surface area contributed by atoms with E-state index in [1.807, 2.05) is 36.1 Å². The quantitative estimate of drug-likeness (QED) is 0.724. The molecular weight excluding hydrogens is 394 g/mol. The number of nitrogens with zero attached hydrogens (tertiary/aromatic N) is 1. The molecule has 2 aromatic carbocycles. The molecule has 0 aliphatic carbocycles. The molecule has 29 heavy (non-hydrogen) atoms. The van der Waals surface area contributed by atoms with E-state index in [4.69, 9.17) is 21.1 Å². The van der Waals surface area contributed by atoms with Crippen molar-refractivity contribution < 1.29 is 19.1 Å². The minimum atomic E-state index is -0.259. The fourth-order valence-electron chi connectivity index (χ4n) is 3.10. The summed E-state index contributed by atoms with van der Waals surface area (Å²) in [4.78, 5) is 26.1. The van der Waals surface area contributed by atoms with Crippen LogP contribution in [0, 0.1) is 0 Å². The largest absolute Gasteiger partial charge is 0.493 e. The Kier molecular flexibility index (Phi) is 6.82. The van der Waals surface area contributed by atoms with Gasteiger partial charge in [0.05, 0.1) is 25.3 Å². The van der Waals surface area contributed by atoms with Gasteiger partial charge in [0.1, 0.15) is 0 Å². The lowest BCUT2D eigenvalue weighted by Crippen LogP contribution is -2.47. The molecule has 1 saturated heterocycles. The molecule has 7 nitrogen and oxygen atoms in total. The second kappa shape index (κ2) is 9.52. The number of hydrogen-bond acceptors (Lipinski definition) is 5. The van der Waals surface area contributed by atoms with E-state index in [1.165, 1.54) is 7.11 Å². The van der Waals surface area contributed by atoms with E-state index in [0.717, 1.165) is 17.8 Å². The van der Waals surface area contributed by atoms with Crippen LogP contribution in [0.25, 0.3) is 0 Å². The zero-order valence-electron chi connectivity index (χ0n) is 16.5. The topological polar surface area (TPSA) is 79.9 Å². The van der Waals surface area contributed by atoms with Crippen molar-refractivity contribution in [2.45, 2.75) is 13.5 Å². The maximum Gasteiger partial charge on any atom is 0.251 e. The van der Waals surface area contributed by atoms with Crippen LogP contribution in [0.3, 0.4) is 0 Å². The standard InChI is InChI=1S/C21H24ClN3O4/c1-3-29-20-17(22)10-15(11-18(20)28-2)21(27)24-12-14-4-6-16(7-5-14)25-9-8-23-19(26)13-25/h4-7,10-11H,3,8-9,12-13H2,1-2H3,(H,23,26)(H,24,27). The molecule has 2 N–H and O–H groups in total. The number of methoxy groups -OCH3 is 1. The summed E-state index contributed by atoms with van der Waals surface area (Å²) in [5.41, 5.74) is 2.33. The summed E-state index contributed by atoms with van der Waals surface area (Å²) in [6.07, 6.45) is 0. The molecule has 0 radical (unpaired) electrons. The molecule has 1 aliphatic rings. The lowest BCUT2D eigenvalue weighted by molar-refractivity contribution is -0.120. The monoisotopic (exact) mass is 417 g/mol. The minimum absolute atomic E-state index is 0.0250. The number of carbonyl (C=O) groups is 2. The van der Waals surface area contributed by atoms with Crippen molar-refractivity contribution >= 4 is 29.1 Å². The second-order valence-corrected chi connectivity index (χ2v) is 6.95. The number of ether oxygens (including phenoxy) is 2. The van der Waals surface area contributed by atoms with E-state index < -0.39 is 0 Å². The number of halogens is 1. The number of hydrogen-bond donors (Lipinski definition) is 2. The lowest BCUT2D eigenvalue weighted by atomic mass is 10.1. The molecule has 8 heteroatoms. The number of anilines is 1. The summed E-state index contributed by atoms with van der Waals surface area (Å²) in [6, 6.07) is 11.0. The van der Waals surface area contributed by atoms with Crippen LogP contribution in [0.4, 0.5) is 5.69 Å². The normalized spacial score (nSPS) is 13.6. The highest BCUT2D eigenvalue weighted by Crippen LogP contribution is 2.36. The predicted octanol–water partition coefficient (Wildman–Crippen LogP) is 2.61. The molecule has 1 heterocycles. The van der Waals surface area contributed by atoms with Crippen LogP contribution in [-0.2, 0) is 11.3 Å². The number of benzene rings is 2. The van der Waals surface area contributed by atoms with Crippen LogP contribution in [0.2, 0.25) is 5.02 Å². The average Bonchev–Trinajstić information content (AvgIpc) is 2.73. The smallest absolute Gasteiger partial charge is 0.251 e. The highest BCUT2D eigenvalue weighted by atomic mass is 35.5. The Bertz CT molecular complexity index is 886. The van der Waals surface area contributed by atoms with Crippen LogP contribution in [0.5, 0.6) is 11.5 Å². The second-order valence-electron chi connectivity index (χ2n) is 6.54. The Morgan fingerprint density at radius 2 is 2.03 bits per heavy atom. The van der Waals surface area contributed by atoms with Gasteiger partial charge < -0.3 is 25.0 Å². The molecule has 0 atom stereocenters. The van der Waals surface area contributed by atoms with Crippen molar-refractivity contribution in [3.05, 3.63) is 52.5 Å². The van der Waals surface area contributed by atoms with Gasteiger partial charge in [-0.05, 0) is 36.8 Å². The van der Waals surface area contributed by atoms with E-state index in [0.29, 0.717) is 48.3 Å². The number of rotatable bonds is 7. The summed E-state index contributed by atoms with van der Waals surface area (Å²) in [5.74, 6) is 0.608. The van der Waals surface area contributed by atoms with Gasteiger partial charge >= 0.3 is 0 Å². The fraction of sp³-hybridized carbons (Fsp3) is 0.333. The summed E-state index contributed by atoms with van der Waals surface area (Å²) >= 11 is 6.24. The number of carbonyl (C=O) groups excluding carboxylic acids is 2. The van der Waals surface area contributed by atoms with Gasteiger partial charge in [-0.25, -0.2) is 0 Å². The number of amides is 2. The molecule has 0 spiro atoms. The van der Waals surface area contributed by atoms with Crippen LogP contribution in [0.1, 0.15) is 22.8 Å². The third-order valence-electron chi connectivity index (χ3n) is 4.57. The minimum Gasteiger partial charge on any atom is -0.493 e. The van der Waals surface area contributed by atoms with E-state index in [1.54, 1.807) is 12.1 Å². The molecule has 3 rings (SSSR count). The maximum atomic E-state index is 12.5. The Morgan fingerprint density at radius 1 is 1.28 bits per heavy atom. The van der Waals surface area contributed by atoms with E-state index in [9.17, 15) is 9.59 Å².